The van der Waals surface area contributed by atoms with Crippen molar-refractivity contribution in [3.63, 3.8) is 0 Å². The van der Waals surface area contributed by atoms with E-state index in [-0.39, 0.29) is 0 Å². The van der Waals surface area contributed by atoms with Crippen molar-refractivity contribution in [2.75, 3.05) is 7.11 Å². The zero-order valence-electron chi connectivity index (χ0n) is 4.81. The highest BCUT2D eigenvalue weighted by Crippen LogP contribution is 1.95. The third-order valence-electron chi connectivity index (χ3n) is 0.750. The second-order valence-corrected chi connectivity index (χ2v) is 1.74. The van der Waals surface area contributed by atoms with E-state index in [0.717, 1.165) is 0 Å². The van der Waals surface area contributed by atoms with E-state index in [1.54, 1.807) is 7.11 Å². The summed E-state index contributed by atoms with van der Waals surface area (Å²) >= 11 is 4.70. The quantitative estimate of drug-likeness (QED) is 0.580. The first-order chi connectivity index (χ1) is 4.34. The molecule has 0 saturated carbocycles. The molecule has 1 aromatic heterocycles. The van der Waals surface area contributed by atoms with Crippen LogP contribution in [0.15, 0.2) is 5.16 Å². The van der Waals surface area contributed by atoms with Gasteiger partial charge in [0.1, 0.15) is 6.73 Å². The summed E-state index contributed by atoms with van der Waals surface area (Å²) in [6, 6.07) is 0. The normalized spacial score (nSPS) is 9.89. The molecule has 0 unspecified atom stereocenters. The SMILES string of the molecule is COCn1nnnc1[S]. The number of rotatable bonds is 2. The van der Waals surface area contributed by atoms with Crippen molar-refractivity contribution < 1.29 is 4.74 Å². The predicted molar refractivity (Wildman–Crippen MR) is 30.7 cm³/mol. The van der Waals surface area contributed by atoms with Gasteiger partial charge in [-0.1, -0.05) is 5.10 Å². The van der Waals surface area contributed by atoms with Crippen LogP contribution in [0.3, 0.4) is 0 Å². The van der Waals surface area contributed by atoms with Crippen LogP contribution in [0.1, 0.15) is 0 Å². The molecule has 0 aliphatic carbocycles. The molecule has 0 N–H and O–H groups in total. The van der Waals surface area contributed by atoms with Crippen molar-refractivity contribution in [1.29, 1.82) is 0 Å². The lowest BCUT2D eigenvalue weighted by Gasteiger charge is -1.94. The summed E-state index contributed by atoms with van der Waals surface area (Å²) in [5.41, 5.74) is 0. The average Bonchev–Trinajstić information content (AvgIpc) is 2.18. The molecule has 9 heavy (non-hydrogen) atoms. The second-order valence-electron chi connectivity index (χ2n) is 1.38. The van der Waals surface area contributed by atoms with Gasteiger partial charge >= 0.3 is 0 Å². The molecule has 0 saturated heterocycles. The van der Waals surface area contributed by atoms with Crippen LogP contribution < -0.4 is 0 Å². The Morgan fingerprint density at radius 2 is 2.56 bits per heavy atom. The van der Waals surface area contributed by atoms with Gasteiger partial charge in [-0.25, -0.2) is 0 Å². The molecule has 0 atom stereocenters. The lowest BCUT2D eigenvalue weighted by Crippen LogP contribution is -2.02. The van der Waals surface area contributed by atoms with Crippen LogP contribution in [0.2, 0.25) is 0 Å². The number of methoxy groups -OCH3 is 1. The molecule has 0 bridgehead atoms. The summed E-state index contributed by atoms with van der Waals surface area (Å²) in [5, 5.41) is 10.7. The summed E-state index contributed by atoms with van der Waals surface area (Å²) in [6.07, 6.45) is 0. The molecule has 0 aliphatic rings. The number of hydrogen-bond donors (Lipinski definition) is 0. The zero-order chi connectivity index (χ0) is 6.69. The highest BCUT2D eigenvalue weighted by atomic mass is 32.1. The Balaban J connectivity index is 2.69. The Morgan fingerprint density at radius 1 is 1.78 bits per heavy atom. The minimum absolute atomic E-state index is 0.311. The molecule has 0 aromatic carbocycles. The lowest BCUT2D eigenvalue weighted by atomic mass is 11.1. The van der Waals surface area contributed by atoms with Crippen molar-refractivity contribution in [2.45, 2.75) is 11.9 Å². The monoisotopic (exact) mass is 145 g/mol. The molecular formula is C3H5N4OS. The maximum atomic E-state index is 4.72. The highest BCUT2D eigenvalue weighted by Gasteiger charge is 1.98. The molecule has 5 nitrogen and oxygen atoms in total. The van der Waals surface area contributed by atoms with Gasteiger partial charge < -0.3 is 4.74 Å². The number of hydrogen-bond acceptors (Lipinski definition) is 4. The van der Waals surface area contributed by atoms with Gasteiger partial charge in [0.2, 0.25) is 5.16 Å². The molecule has 1 aromatic rings. The summed E-state index contributed by atoms with van der Waals surface area (Å²) in [6.45, 7) is 0.311. The van der Waals surface area contributed by atoms with Gasteiger partial charge in [-0.2, -0.15) is 4.68 Å². The third-order valence-corrected chi connectivity index (χ3v) is 1.04. The molecule has 1 rings (SSSR count). The Hall–Kier alpha value is -0.750. The summed E-state index contributed by atoms with van der Waals surface area (Å²) in [5.74, 6) is 0. The Labute approximate surface area is 57.4 Å². The maximum absolute atomic E-state index is 4.72. The summed E-state index contributed by atoms with van der Waals surface area (Å²) in [7, 11) is 1.55. The predicted octanol–water partition coefficient (Wildman–Crippen LogP) is -0.167. The zero-order valence-corrected chi connectivity index (χ0v) is 5.63. The molecular weight excluding hydrogens is 140 g/mol. The van der Waals surface area contributed by atoms with Gasteiger partial charge in [0, 0.05) is 7.11 Å². The third kappa shape index (κ3) is 1.33. The number of aromatic nitrogens is 4. The van der Waals surface area contributed by atoms with E-state index in [0.29, 0.717) is 11.9 Å². The highest BCUT2D eigenvalue weighted by molar-refractivity contribution is 7.80. The molecule has 0 aliphatic heterocycles. The van der Waals surface area contributed by atoms with Gasteiger partial charge in [-0.05, 0) is 23.1 Å². The largest absolute Gasteiger partial charge is 0.362 e. The molecule has 0 fully saturated rings. The maximum Gasteiger partial charge on any atom is 0.242 e. The van der Waals surface area contributed by atoms with Crippen molar-refractivity contribution in [3.05, 3.63) is 0 Å². The van der Waals surface area contributed by atoms with Crippen molar-refractivity contribution in [2.24, 2.45) is 0 Å². The minimum Gasteiger partial charge on any atom is -0.362 e. The van der Waals surface area contributed by atoms with E-state index in [1.807, 2.05) is 0 Å². The molecule has 1 heterocycles. The fraction of sp³-hybridized carbons (Fsp3) is 0.667. The van der Waals surface area contributed by atoms with E-state index in [1.165, 1.54) is 4.68 Å². The first-order valence-electron chi connectivity index (χ1n) is 2.26. The van der Waals surface area contributed by atoms with E-state index in [4.69, 9.17) is 17.4 Å². The Bertz CT molecular complexity index is 188. The van der Waals surface area contributed by atoms with E-state index < -0.39 is 0 Å². The van der Waals surface area contributed by atoms with Crippen LogP contribution in [-0.4, -0.2) is 27.3 Å². The Kier molecular flexibility index (Phi) is 1.91. The van der Waals surface area contributed by atoms with E-state index in [9.17, 15) is 0 Å². The summed E-state index contributed by atoms with van der Waals surface area (Å²) < 4.78 is 6.11. The molecule has 6 heteroatoms. The van der Waals surface area contributed by atoms with E-state index >= 15 is 0 Å². The van der Waals surface area contributed by atoms with Crippen molar-refractivity contribution in [1.82, 2.24) is 20.2 Å². The van der Waals surface area contributed by atoms with Gasteiger partial charge in [-0.15, -0.1) is 0 Å². The fourth-order valence-corrected chi connectivity index (χ4v) is 0.525. The fourth-order valence-electron chi connectivity index (χ4n) is 0.400. The molecule has 0 amide bonds. The second kappa shape index (κ2) is 2.70. The Morgan fingerprint density at radius 3 is 3.00 bits per heavy atom. The smallest absolute Gasteiger partial charge is 0.242 e. The van der Waals surface area contributed by atoms with Crippen LogP contribution in [0.5, 0.6) is 0 Å². The average molecular weight is 145 g/mol. The van der Waals surface area contributed by atoms with Gasteiger partial charge in [0.25, 0.3) is 0 Å². The first-order valence-corrected chi connectivity index (χ1v) is 2.67. The van der Waals surface area contributed by atoms with E-state index in [2.05, 4.69) is 15.5 Å². The first kappa shape index (κ1) is 6.37. The van der Waals surface area contributed by atoms with Gasteiger partial charge in [-0.3, -0.25) is 0 Å². The molecule has 0 spiro atoms. The number of nitrogens with zero attached hydrogens (tertiary/aromatic N) is 4. The van der Waals surface area contributed by atoms with Gasteiger partial charge in [0.15, 0.2) is 0 Å². The number of ether oxygens (including phenoxy) is 1. The van der Waals surface area contributed by atoms with Crippen LogP contribution >= 0.6 is 12.6 Å². The molecule has 1 radical (unpaired) electrons. The van der Waals surface area contributed by atoms with Crippen molar-refractivity contribution >= 4 is 12.6 Å². The lowest BCUT2D eigenvalue weighted by molar-refractivity contribution is 0.111. The summed E-state index contributed by atoms with van der Waals surface area (Å²) in [4.78, 5) is 0. The van der Waals surface area contributed by atoms with Crippen LogP contribution in [0, 0.1) is 0 Å². The van der Waals surface area contributed by atoms with Crippen LogP contribution in [0.4, 0.5) is 0 Å². The standard InChI is InChI=1S/C3H5N4OS/c1-8-2-7-3(9)4-5-6-7/h2H2,1H3. The minimum atomic E-state index is 0.311. The van der Waals surface area contributed by atoms with Gasteiger partial charge in [0.05, 0.1) is 0 Å². The number of tetrazole rings is 1. The topological polar surface area (TPSA) is 52.8 Å². The van der Waals surface area contributed by atoms with Crippen LogP contribution in [0.25, 0.3) is 0 Å². The molecule has 49 valence electrons. The van der Waals surface area contributed by atoms with Crippen LogP contribution in [-0.2, 0) is 11.5 Å². The van der Waals surface area contributed by atoms with Crippen molar-refractivity contribution in [3.8, 4) is 0 Å².